The number of rotatable bonds is 6. The highest BCUT2D eigenvalue weighted by Gasteiger charge is 2.38. The maximum atomic E-state index is 13.2. The summed E-state index contributed by atoms with van der Waals surface area (Å²) in [4.78, 5) is 39.7. The van der Waals surface area contributed by atoms with Gasteiger partial charge in [0.2, 0.25) is 0 Å². The second-order valence-electron chi connectivity index (χ2n) is 9.38. The van der Waals surface area contributed by atoms with Gasteiger partial charge in [0, 0.05) is 23.5 Å². The smallest absolute Gasteiger partial charge is 0.416 e. The third-order valence-electron chi connectivity index (χ3n) is 6.71. The first-order chi connectivity index (χ1) is 19.6. The number of hydrogen-bond donors (Lipinski definition) is 2. The number of carbonyl (C=O) groups excluding carboxylic acids is 3. The molecule has 1 aliphatic rings. The molecule has 4 aromatic rings. The molecule has 1 atom stereocenters. The van der Waals surface area contributed by atoms with Gasteiger partial charge in [-0.05, 0) is 64.7 Å². The number of carbonyl (C=O) groups is 3. The number of halogens is 3. The van der Waals surface area contributed by atoms with Crippen molar-refractivity contribution in [3.05, 3.63) is 119 Å². The zero-order valence-corrected chi connectivity index (χ0v) is 21.7. The molecular formula is C31H24F3N3O4. The van der Waals surface area contributed by atoms with E-state index in [1.807, 2.05) is 12.1 Å². The van der Waals surface area contributed by atoms with Crippen molar-refractivity contribution in [3.8, 4) is 11.1 Å². The number of urea groups is 1. The molecule has 7 nitrogen and oxygen atoms in total. The van der Waals surface area contributed by atoms with Crippen molar-refractivity contribution in [2.75, 3.05) is 17.7 Å². The number of amides is 3. The van der Waals surface area contributed by atoms with Crippen LogP contribution in [0.15, 0.2) is 97.1 Å². The number of alkyl halides is 3. The molecule has 3 amide bonds. The standard InChI is InChI=1S/C31H24F3N3O4/c1-41-29(39)27(20-6-3-2-4-7-20)37-18-22-16-21(12-15-26(22)28(37)38)19-10-13-24(14-11-19)35-30(40)36-25-9-5-8-23(17-25)31(32,33)34/h2-17,27H,18H2,1H3,(H2,35,36,40)/t27-/m0/s1. The van der Waals surface area contributed by atoms with Crippen LogP contribution in [0.5, 0.6) is 0 Å². The largest absolute Gasteiger partial charge is 0.467 e. The minimum atomic E-state index is -4.52. The van der Waals surface area contributed by atoms with Crippen molar-refractivity contribution in [1.82, 2.24) is 4.90 Å². The van der Waals surface area contributed by atoms with Gasteiger partial charge in [0.1, 0.15) is 0 Å². The van der Waals surface area contributed by atoms with Crippen LogP contribution in [-0.2, 0) is 22.3 Å². The molecule has 0 unspecified atom stereocenters. The number of nitrogens with one attached hydrogen (secondary N) is 2. The quantitative estimate of drug-likeness (QED) is 0.252. The van der Waals surface area contributed by atoms with Crippen LogP contribution in [0.3, 0.4) is 0 Å². The SMILES string of the molecule is COC(=O)[C@H](c1ccccc1)N1Cc2cc(-c3ccc(NC(=O)Nc4cccc(C(F)(F)F)c4)cc3)ccc2C1=O. The Labute approximate surface area is 233 Å². The number of hydrogen-bond acceptors (Lipinski definition) is 4. The summed E-state index contributed by atoms with van der Waals surface area (Å²) in [6.07, 6.45) is -4.52. The lowest BCUT2D eigenvalue weighted by molar-refractivity contribution is -0.146. The van der Waals surface area contributed by atoms with Crippen LogP contribution in [0.1, 0.15) is 33.1 Å². The van der Waals surface area contributed by atoms with Gasteiger partial charge in [-0.2, -0.15) is 13.2 Å². The van der Waals surface area contributed by atoms with E-state index in [9.17, 15) is 27.6 Å². The lowest BCUT2D eigenvalue weighted by atomic mass is 10.0. The van der Waals surface area contributed by atoms with Crippen LogP contribution in [0.25, 0.3) is 11.1 Å². The number of benzene rings is 4. The lowest BCUT2D eigenvalue weighted by Crippen LogP contribution is -2.35. The molecule has 4 aromatic carbocycles. The Morgan fingerprint density at radius 1 is 0.829 bits per heavy atom. The minimum Gasteiger partial charge on any atom is -0.467 e. The second-order valence-corrected chi connectivity index (χ2v) is 9.38. The van der Waals surface area contributed by atoms with Crippen LogP contribution >= 0.6 is 0 Å². The Kier molecular flexibility index (Phi) is 7.47. The molecule has 0 aliphatic carbocycles. The predicted molar refractivity (Wildman–Crippen MR) is 147 cm³/mol. The van der Waals surface area contributed by atoms with E-state index in [4.69, 9.17) is 4.74 Å². The summed E-state index contributed by atoms with van der Waals surface area (Å²) < 4.78 is 43.8. The van der Waals surface area contributed by atoms with E-state index >= 15 is 0 Å². The Hall–Kier alpha value is -5.12. The average Bonchev–Trinajstić information content (AvgIpc) is 3.28. The van der Waals surface area contributed by atoms with E-state index in [0.717, 1.165) is 28.8 Å². The minimum absolute atomic E-state index is 0.0115. The molecule has 1 aliphatic heterocycles. The maximum absolute atomic E-state index is 13.2. The highest BCUT2D eigenvalue weighted by Crippen LogP contribution is 2.35. The van der Waals surface area contributed by atoms with Crippen LogP contribution in [0.4, 0.5) is 29.3 Å². The number of fused-ring (bicyclic) bond motifs is 1. The van der Waals surface area contributed by atoms with Gasteiger partial charge in [0.25, 0.3) is 5.91 Å². The van der Waals surface area contributed by atoms with E-state index in [1.165, 1.54) is 24.1 Å². The summed E-state index contributed by atoms with van der Waals surface area (Å²) >= 11 is 0. The van der Waals surface area contributed by atoms with E-state index in [1.54, 1.807) is 60.7 Å². The maximum Gasteiger partial charge on any atom is 0.416 e. The van der Waals surface area contributed by atoms with Gasteiger partial charge >= 0.3 is 18.2 Å². The fourth-order valence-corrected chi connectivity index (χ4v) is 4.73. The molecule has 0 saturated carbocycles. The van der Waals surface area contributed by atoms with Gasteiger partial charge in [0.05, 0.1) is 12.7 Å². The number of anilines is 2. The molecule has 0 fully saturated rings. The molecule has 208 valence electrons. The zero-order valence-electron chi connectivity index (χ0n) is 21.7. The molecule has 2 N–H and O–H groups in total. The van der Waals surface area contributed by atoms with Gasteiger partial charge in [0.15, 0.2) is 6.04 Å². The van der Waals surface area contributed by atoms with Crippen LogP contribution in [0.2, 0.25) is 0 Å². The molecule has 0 saturated heterocycles. The highest BCUT2D eigenvalue weighted by molar-refractivity contribution is 6.02. The number of esters is 1. The molecule has 0 spiro atoms. The van der Waals surface area contributed by atoms with Crippen molar-refractivity contribution in [1.29, 1.82) is 0 Å². The van der Waals surface area contributed by atoms with E-state index < -0.39 is 29.8 Å². The van der Waals surface area contributed by atoms with Gasteiger partial charge < -0.3 is 20.3 Å². The topological polar surface area (TPSA) is 87.7 Å². The summed E-state index contributed by atoms with van der Waals surface area (Å²) in [7, 11) is 1.29. The molecule has 0 aromatic heterocycles. The molecule has 0 radical (unpaired) electrons. The number of ether oxygens (including phenoxy) is 1. The normalized spacial score (nSPS) is 13.4. The summed E-state index contributed by atoms with van der Waals surface area (Å²) in [5, 5.41) is 5.00. The van der Waals surface area contributed by atoms with E-state index in [2.05, 4.69) is 10.6 Å². The monoisotopic (exact) mass is 559 g/mol. The fourth-order valence-electron chi connectivity index (χ4n) is 4.73. The summed E-state index contributed by atoms with van der Waals surface area (Å²) in [6, 6.07) is 24.1. The second kappa shape index (κ2) is 11.2. The molecule has 0 bridgehead atoms. The molecule has 41 heavy (non-hydrogen) atoms. The molecule has 10 heteroatoms. The van der Waals surface area contributed by atoms with Crippen molar-refractivity contribution < 1.29 is 32.3 Å². The Balaban J connectivity index is 1.29. The number of methoxy groups -OCH3 is 1. The van der Waals surface area contributed by atoms with Gasteiger partial charge in [-0.1, -0.05) is 54.6 Å². The fraction of sp³-hybridized carbons (Fsp3) is 0.129. The summed E-state index contributed by atoms with van der Waals surface area (Å²) in [5.74, 6) is -0.796. The third-order valence-corrected chi connectivity index (χ3v) is 6.71. The Morgan fingerprint density at radius 3 is 2.20 bits per heavy atom. The molecular weight excluding hydrogens is 535 g/mol. The van der Waals surface area contributed by atoms with Gasteiger partial charge in [-0.15, -0.1) is 0 Å². The van der Waals surface area contributed by atoms with E-state index in [0.29, 0.717) is 16.8 Å². The van der Waals surface area contributed by atoms with Crippen LogP contribution in [0, 0.1) is 0 Å². The van der Waals surface area contributed by atoms with Crippen LogP contribution < -0.4 is 10.6 Å². The first-order valence-corrected chi connectivity index (χ1v) is 12.6. The molecule has 5 rings (SSSR count). The highest BCUT2D eigenvalue weighted by atomic mass is 19.4. The van der Waals surface area contributed by atoms with Crippen molar-refractivity contribution >= 4 is 29.3 Å². The lowest BCUT2D eigenvalue weighted by Gasteiger charge is -2.25. The van der Waals surface area contributed by atoms with Crippen molar-refractivity contribution in [2.24, 2.45) is 0 Å². The summed E-state index contributed by atoms with van der Waals surface area (Å²) in [5.41, 5.74) is 3.15. The number of nitrogens with zero attached hydrogens (tertiary/aromatic N) is 1. The average molecular weight is 560 g/mol. The zero-order chi connectivity index (χ0) is 29.1. The predicted octanol–water partition coefficient (Wildman–Crippen LogP) is 6.89. The van der Waals surface area contributed by atoms with Gasteiger partial charge in [-0.3, -0.25) is 4.79 Å². The molecule has 1 heterocycles. The summed E-state index contributed by atoms with van der Waals surface area (Å²) in [6.45, 7) is 0.228. The van der Waals surface area contributed by atoms with E-state index in [-0.39, 0.29) is 18.1 Å². The van der Waals surface area contributed by atoms with Crippen molar-refractivity contribution in [3.63, 3.8) is 0 Å². The Bertz CT molecular complexity index is 1610. The van der Waals surface area contributed by atoms with Crippen molar-refractivity contribution in [2.45, 2.75) is 18.8 Å². The van der Waals surface area contributed by atoms with Crippen LogP contribution in [-0.4, -0.2) is 29.9 Å². The van der Waals surface area contributed by atoms with Gasteiger partial charge in [-0.25, -0.2) is 9.59 Å². The Morgan fingerprint density at radius 2 is 1.51 bits per heavy atom. The first-order valence-electron chi connectivity index (χ1n) is 12.6. The third kappa shape index (κ3) is 5.91. The first kappa shape index (κ1) is 27.4.